The van der Waals surface area contributed by atoms with Crippen molar-refractivity contribution in [1.29, 1.82) is 0 Å². The van der Waals surface area contributed by atoms with Gasteiger partial charge in [0.2, 0.25) is 0 Å². The van der Waals surface area contributed by atoms with E-state index in [1.54, 1.807) is 4.90 Å². The van der Waals surface area contributed by atoms with Gasteiger partial charge in [0, 0.05) is 25.3 Å². The third-order valence-corrected chi connectivity index (χ3v) is 4.02. The standard InChI is InChI=1S/C15H24N4O2/c1-10-5-11-8-19(12-6-16-7-12)17-13(11)9-18(10)14(20)21-15(2,3)4/h8,10,12,16H,5-7,9H2,1-4H3/t10-/m1/s1. The highest BCUT2D eigenvalue weighted by Gasteiger charge is 2.33. The molecule has 1 saturated heterocycles. The minimum atomic E-state index is -0.464. The number of hydrogen-bond acceptors (Lipinski definition) is 4. The Labute approximate surface area is 125 Å². The molecule has 1 atom stereocenters. The van der Waals surface area contributed by atoms with Crippen LogP contribution in [0.2, 0.25) is 0 Å². The van der Waals surface area contributed by atoms with Gasteiger partial charge in [-0.15, -0.1) is 0 Å². The fourth-order valence-corrected chi connectivity index (χ4v) is 2.73. The van der Waals surface area contributed by atoms with Crippen LogP contribution in [-0.2, 0) is 17.7 Å². The minimum absolute atomic E-state index is 0.143. The second kappa shape index (κ2) is 5.02. The predicted octanol–water partition coefficient (Wildman–Crippen LogP) is 1.71. The summed E-state index contributed by atoms with van der Waals surface area (Å²) in [6.45, 7) is 10.2. The summed E-state index contributed by atoms with van der Waals surface area (Å²) >= 11 is 0. The van der Waals surface area contributed by atoms with E-state index in [-0.39, 0.29) is 12.1 Å². The molecule has 0 spiro atoms. The van der Waals surface area contributed by atoms with E-state index in [4.69, 9.17) is 4.74 Å². The first-order valence-electron chi connectivity index (χ1n) is 7.61. The monoisotopic (exact) mass is 292 g/mol. The van der Waals surface area contributed by atoms with Crippen LogP contribution in [0.15, 0.2) is 6.20 Å². The maximum Gasteiger partial charge on any atom is 0.410 e. The Bertz CT molecular complexity index is 542. The third-order valence-electron chi connectivity index (χ3n) is 4.02. The average molecular weight is 292 g/mol. The van der Waals surface area contributed by atoms with Crippen molar-refractivity contribution in [3.63, 3.8) is 0 Å². The molecule has 1 amide bonds. The first-order chi connectivity index (χ1) is 9.83. The van der Waals surface area contributed by atoms with Gasteiger partial charge in [-0.3, -0.25) is 9.58 Å². The number of aromatic nitrogens is 2. The van der Waals surface area contributed by atoms with E-state index in [2.05, 4.69) is 23.5 Å². The van der Waals surface area contributed by atoms with Crippen LogP contribution in [-0.4, -0.2) is 45.5 Å². The second-order valence-corrected chi connectivity index (χ2v) is 7.05. The van der Waals surface area contributed by atoms with Crippen molar-refractivity contribution in [3.05, 3.63) is 17.5 Å². The largest absolute Gasteiger partial charge is 0.444 e. The summed E-state index contributed by atoms with van der Waals surface area (Å²) in [6.07, 6.45) is 2.74. The normalized spacial score (nSPS) is 22.7. The smallest absolute Gasteiger partial charge is 0.410 e. The van der Waals surface area contributed by atoms with Crippen LogP contribution in [0.3, 0.4) is 0 Å². The summed E-state index contributed by atoms with van der Waals surface area (Å²) in [5, 5.41) is 7.92. The van der Waals surface area contributed by atoms with Crippen molar-refractivity contribution < 1.29 is 9.53 Å². The minimum Gasteiger partial charge on any atom is -0.444 e. The molecule has 3 heterocycles. The molecular weight excluding hydrogens is 268 g/mol. The number of nitrogens with zero attached hydrogens (tertiary/aromatic N) is 3. The van der Waals surface area contributed by atoms with Crippen molar-refractivity contribution in [1.82, 2.24) is 20.0 Å². The Morgan fingerprint density at radius 3 is 2.71 bits per heavy atom. The molecule has 1 N–H and O–H groups in total. The molecule has 0 saturated carbocycles. The topological polar surface area (TPSA) is 59.4 Å². The Balaban J connectivity index is 1.75. The van der Waals surface area contributed by atoms with Gasteiger partial charge in [0.15, 0.2) is 0 Å². The van der Waals surface area contributed by atoms with E-state index in [9.17, 15) is 4.79 Å². The predicted molar refractivity (Wildman–Crippen MR) is 79.1 cm³/mol. The molecule has 0 aliphatic carbocycles. The molecule has 0 unspecified atom stereocenters. The Kier molecular flexibility index (Phi) is 3.43. The van der Waals surface area contributed by atoms with Gasteiger partial charge in [0.1, 0.15) is 5.60 Å². The van der Waals surface area contributed by atoms with Crippen molar-refractivity contribution in [3.8, 4) is 0 Å². The second-order valence-electron chi connectivity index (χ2n) is 7.05. The van der Waals surface area contributed by atoms with E-state index in [1.807, 2.05) is 25.5 Å². The highest BCUT2D eigenvalue weighted by atomic mass is 16.6. The molecule has 1 fully saturated rings. The number of nitrogens with one attached hydrogen (secondary N) is 1. The first-order valence-corrected chi connectivity index (χ1v) is 7.61. The van der Waals surface area contributed by atoms with Gasteiger partial charge in [0.25, 0.3) is 0 Å². The number of carbonyl (C=O) groups excluding carboxylic acids is 1. The fourth-order valence-electron chi connectivity index (χ4n) is 2.73. The molecule has 116 valence electrons. The van der Waals surface area contributed by atoms with Gasteiger partial charge < -0.3 is 10.1 Å². The molecule has 21 heavy (non-hydrogen) atoms. The van der Waals surface area contributed by atoms with Crippen LogP contribution in [0.25, 0.3) is 0 Å². The van der Waals surface area contributed by atoms with Crippen LogP contribution in [0.1, 0.15) is 45.0 Å². The molecule has 2 aliphatic heterocycles. The lowest BCUT2D eigenvalue weighted by Crippen LogP contribution is -2.45. The highest BCUT2D eigenvalue weighted by molar-refractivity contribution is 5.69. The van der Waals surface area contributed by atoms with Crippen LogP contribution in [0.5, 0.6) is 0 Å². The van der Waals surface area contributed by atoms with Gasteiger partial charge in [-0.1, -0.05) is 0 Å². The van der Waals surface area contributed by atoms with Crippen molar-refractivity contribution in [2.45, 2.75) is 58.3 Å². The fraction of sp³-hybridized carbons (Fsp3) is 0.733. The molecule has 1 aromatic rings. The van der Waals surface area contributed by atoms with Gasteiger partial charge in [-0.05, 0) is 39.7 Å². The summed E-state index contributed by atoms with van der Waals surface area (Å²) in [7, 11) is 0. The zero-order chi connectivity index (χ0) is 15.2. The molecule has 1 aromatic heterocycles. The van der Waals surface area contributed by atoms with E-state index in [0.717, 1.165) is 25.2 Å². The van der Waals surface area contributed by atoms with Gasteiger partial charge >= 0.3 is 6.09 Å². The zero-order valence-corrected chi connectivity index (χ0v) is 13.2. The molecule has 0 radical (unpaired) electrons. The van der Waals surface area contributed by atoms with Gasteiger partial charge in [0.05, 0.1) is 18.3 Å². The molecule has 2 aliphatic rings. The van der Waals surface area contributed by atoms with E-state index in [1.165, 1.54) is 5.56 Å². The summed E-state index contributed by atoms with van der Waals surface area (Å²) in [5.41, 5.74) is 1.80. The number of carbonyl (C=O) groups is 1. The maximum atomic E-state index is 12.3. The van der Waals surface area contributed by atoms with Gasteiger partial charge in [-0.2, -0.15) is 5.10 Å². The molecule has 0 aromatic carbocycles. The summed E-state index contributed by atoms with van der Waals surface area (Å²) in [6, 6.07) is 0.602. The lowest BCUT2D eigenvalue weighted by atomic mass is 10.0. The molecular formula is C15H24N4O2. The highest BCUT2D eigenvalue weighted by Crippen LogP contribution is 2.25. The maximum absolute atomic E-state index is 12.3. The molecule has 6 nitrogen and oxygen atoms in total. The zero-order valence-electron chi connectivity index (χ0n) is 13.2. The van der Waals surface area contributed by atoms with E-state index >= 15 is 0 Å². The number of hydrogen-bond donors (Lipinski definition) is 1. The summed E-state index contributed by atoms with van der Waals surface area (Å²) in [4.78, 5) is 14.1. The lowest BCUT2D eigenvalue weighted by Gasteiger charge is -2.34. The van der Waals surface area contributed by atoms with Gasteiger partial charge in [-0.25, -0.2) is 4.79 Å². The summed E-state index contributed by atoms with van der Waals surface area (Å²) < 4.78 is 7.54. The number of fused-ring (bicyclic) bond motifs is 1. The first kappa shape index (κ1) is 14.4. The van der Waals surface area contributed by atoms with Crippen molar-refractivity contribution in [2.24, 2.45) is 0 Å². The van der Waals surface area contributed by atoms with Crippen LogP contribution >= 0.6 is 0 Å². The molecule has 0 bridgehead atoms. The summed E-state index contributed by atoms with van der Waals surface area (Å²) in [5.74, 6) is 0. The van der Waals surface area contributed by atoms with Crippen LogP contribution in [0.4, 0.5) is 4.79 Å². The van der Waals surface area contributed by atoms with Crippen molar-refractivity contribution >= 4 is 6.09 Å². The van der Waals surface area contributed by atoms with Crippen molar-refractivity contribution in [2.75, 3.05) is 13.1 Å². The lowest BCUT2D eigenvalue weighted by molar-refractivity contribution is 0.0135. The third kappa shape index (κ3) is 2.90. The Hall–Kier alpha value is -1.56. The van der Waals surface area contributed by atoms with E-state index < -0.39 is 5.60 Å². The Morgan fingerprint density at radius 2 is 2.14 bits per heavy atom. The molecule has 6 heteroatoms. The van der Waals surface area contributed by atoms with Crippen LogP contribution < -0.4 is 5.32 Å². The van der Waals surface area contributed by atoms with Crippen LogP contribution in [0, 0.1) is 0 Å². The number of rotatable bonds is 1. The Morgan fingerprint density at radius 1 is 1.43 bits per heavy atom. The van der Waals surface area contributed by atoms with E-state index in [0.29, 0.717) is 12.6 Å². The SMILES string of the molecule is C[C@@H]1Cc2cn(C3CNC3)nc2CN1C(=O)OC(C)(C)C. The number of ether oxygens (including phenoxy) is 1. The quantitative estimate of drug-likeness (QED) is 0.856. The molecule has 3 rings (SSSR count). The average Bonchev–Trinajstić information content (AvgIpc) is 2.64. The number of amides is 1.